The highest BCUT2D eigenvalue weighted by atomic mass is 19.4. The Bertz CT molecular complexity index is 1230. The molecule has 0 saturated heterocycles. The largest absolute Gasteiger partial charge is 0.478 e. The van der Waals surface area contributed by atoms with Crippen LogP contribution in [0.2, 0.25) is 0 Å². The molecule has 0 aliphatic rings. The molecule has 0 saturated carbocycles. The van der Waals surface area contributed by atoms with Crippen LogP contribution < -0.4 is 0 Å². The number of carboxylic acids is 1. The number of pyridine rings is 1. The molecule has 0 atom stereocenters. The number of aryl methyl sites for hydroxylation is 1. The zero-order valence-electron chi connectivity index (χ0n) is 15.3. The van der Waals surface area contributed by atoms with Crippen molar-refractivity contribution in [3.05, 3.63) is 53.9 Å². The topological polar surface area (TPSA) is 90.2 Å². The predicted octanol–water partition coefficient (Wildman–Crippen LogP) is 3.26. The first kappa shape index (κ1) is 18.7. The van der Waals surface area contributed by atoms with Gasteiger partial charge >= 0.3 is 12.1 Å². The molecule has 11 heteroatoms. The number of carboxylic acid groups (broad SMARTS) is 1. The Kier molecular flexibility index (Phi) is 4.17. The summed E-state index contributed by atoms with van der Waals surface area (Å²) in [7, 11) is 0. The van der Waals surface area contributed by atoms with E-state index in [1.54, 1.807) is 42.9 Å². The van der Waals surface area contributed by atoms with Gasteiger partial charge in [0.05, 0.1) is 34.9 Å². The second kappa shape index (κ2) is 6.47. The van der Waals surface area contributed by atoms with E-state index in [0.717, 1.165) is 4.68 Å². The van der Waals surface area contributed by atoms with Crippen molar-refractivity contribution in [2.24, 2.45) is 0 Å². The Hall–Kier alpha value is -3.63. The van der Waals surface area contributed by atoms with Gasteiger partial charge in [0.1, 0.15) is 6.54 Å². The SMILES string of the molecule is Cc1nn(CC(F)(F)F)c(C)c1-c1cnn2ccc(-n3cc(C(=O)O)cn3)cc12. The highest BCUT2D eigenvalue weighted by Gasteiger charge is 2.30. The van der Waals surface area contributed by atoms with Crippen LogP contribution in [0.1, 0.15) is 21.7 Å². The Morgan fingerprint density at radius 3 is 2.62 bits per heavy atom. The van der Waals surface area contributed by atoms with Gasteiger partial charge in [0.15, 0.2) is 0 Å². The van der Waals surface area contributed by atoms with Gasteiger partial charge < -0.3 is 5.11 Å². The maximum atomic E-state index is 12.8. The molecule has 29 heavy (non-hydrogen) atoms. The first-order valence-electron chi connectivity index (χ1n) is 8.51. The third kappa shape index (κ3) is 3.35. The lowest BCUT2D eigenvalue weighted by Crippen LogP contribution is -2.19. The summed E-state index contributed by atoms with van der Waals surface area (Å²) >= 11 is 0. The lowest BCUT2D eigenvalue weighted by molar-refractivity contribution is -0.142. The van der Waals surface area contributed by atoms with Gasteiger partial charge in [-0.05, 0) is 26.0 Å². The Balaban J connectivity index is 1.82. The third-order valence-corrected chi connectivity index (χ3v) is 4.58. The van der Waals surface area contributed by atoms with Crippen molar-refractivity contribution in [1.29, 1.82) is 0 Å². The van der Waals surface area contributed by atoms with Crippen LogP contribution in [0, 0.1) is 13.8 Å². The highest BCUT2D eigenvalue weighted by molar-refractivity contribution is 5.87. The molecule has 0 bridgehead atoms. The summed E-state index contributed by atoms with van der Waals surface area (Å²) in [6.45, 7) is 2.06. The van der Waals surface area contributed by atoms with E-state index in [1.807, 2.05) is 0 Å². The molecule has 0 spiro atoms. The maximum Gasteiger partial charge on any atom is 0.408 e. The maximum absolute atomic E-state index is 12.8. The van der Waals surface area contributed by atoms with Crippen molar-refractivity contribution in [2.75, 3.05) is 0 Å². The van der Waals surface area contributed by atoms with E-state index in [2.05, 4.69) is 15.3 Å². The van der Waals surface area contributed by atoms with E-state index in [4.69, 9.17) is 5.11 Å². The fourth-order valence-corrected chi connectivity index (χ4v) is 3.29. The summed E-state index contributed by atoms with van der Waals surface area (Å²) in [4.78, 5) is 11.1. The van der Waals surface area contributed by atoms with E-state index in [9.17, 15) is 18.0 Å². The average Bonchev–Trinajstić information content (AvgIpc) is 3.32. The number of aromatic nitrogens is 6. The van der Waals surface area contributed by atoms with Gasteiger partial charge in [0.25, 0.3) is 0 Å². The molecule has 1 N–H and O–H groups in total. The van der Waals surface area contributed by atoms with E-state index < -0.39 is 18.7 Å². The molecule has 150 valence electrons. The van der Waals surface area contributed by atoms with Crippen LogP contribution in [0.4, 0.5) is 13.2 Å². The zero-order chi connectivity index (χ0) is 20.9. The normalized spacial score (nSPS) is 12.0. The molecule has 4 rings (SSSR count). The molecule has 4 heterocycles. The fraction of sp³-hybridized carbons (Fsp3) is 0.222. The number of nitrogens with zero attached hydrogens (tertiary/aromatic N) is 6. The molecule has 0 amide bonds. The number of halogens is 3. The van der Waals surface area contributed by atoms with Crippen LogP contribution in [0.5, 0.6) is 0 Å². The molecule has 0 radical (unpaired) electrons. The summed E-state index contributed by atoms with van der Waals surface area (Å²) in [5, 5.41) is 21.4. The summed E-state index contributed by atoms with van der Waals surface area (Å²) < 4.78 is 42.4. The van der Waals surface area contributed by atoms with E-state index in [1.165, 1.54) is 17.1 Å². The number of carbonyl (C=O) groups is 1. The van der Waals surface area contributed by atoms with Gasteiger partial charge in [-0.2, -0.15) is 28.5 Å². The Labute approximate surface area is 161 Å². The van der Waals surface area contributed by atoms with Gasteiger partial charge in [0.2, 0.25) is 0 Å². The summed E-state index contributed by atoms with van der Waals surface area (Å²) in [5.74, 6) is -1.09. The van der Waals surface area contributed by atoms with Crippen molar-refractivity contribution >= 4 is 11.5 Å². The van der Waals surface area contributed by atoms with Gasteiger partial charge in [-0.1, -0.05) is 0 Å². The predicted molar refractivity (Wildman–Crippen MR) is 96.0 cm³/mol. The van der Waals surface area contributed by atoms with Gasteiger partial charge in [0, 0.05) is 29.2 Å². The Morgan fingerprint density at radius 1 is 1.21 bits per heavy atom. The van der Waals surface area contributed by atoms with Crippen LogP contribution in [-0.2, 0) is 6.54 Å². The average molecular weight is 404 g/mol. The molecule has 4 aromatic heterocycles. The number of rotatable bonds is 4. The van der Waals surface area contributed by atoms with E-state index >= 15 is 0 Å². The highest BCUT2D eigenvalue weighted by Crippen LogP contribution is 2.32. The molecule has 0 aliphatic carbocycles. The summed E-state index contributed by atoms with van der Waals surface area (Å²) in [5.41, 5.74) is 3.30. The number of aromatic carboxylic acids is 1. The van der Waals surface area contributed by atoms with Crippen LogP contribution in [0.15, 0.2) is 36.9 Å². The monoisotopic (exact) mass is 404 g/mol. The number of fused-ring (bicyclic) bond motifs is 1. The van der Waals surface area contributed by atoms with Crippen molar-refractivity contribution in [3.63, 3.8) is 0 Å². The molecule has 0 unspecified atom stereocenters. The number of hydrogen-bond donors (Lipinski definition) is 1. The van der Waals surface area contributed by atoms with Crippen LogP contribution in [-0.4, -0.2) is 46.4 Å². The zero-order valence-corrected chi connectivity index (χ0v) is 15.3. The second-order valence-corrected chi connectivity index (χ2v) is 6.57. The molecule has 4 aromatic rings. The van der Waals surface area contributed by atoms with Gasteiger partial charge in [-0.25, -0.2) is 14.0 Å². The van der Waals surface area contributed by atoms with E-state index in [-0.39, 0.29) is 5.56 Å². The first-order valence-corrected chi connectivity index (χ1v) is 8.51. The first-order chi connectivity index (χ1) is 13.6. The van der Waals surface area contributed by atoms with Crippen molar-refractivity contribution in [2.45, 2.75) is 26.6 Å². The molecular weight excluding hydrogens is 389 g/mol. The van der Waals surface area contributed by atoms with Crippen molar-refractivity contribution in [3.8, 4) is 16.8 Å². The molecule has 8 nitrogen and oxygen atoms in total. The van der Waals surface area contributed by atoms with Gasteiger partial charge in [-0.15, -0.1) is 0 Å². The standard InChI is InChI=1S/C18H15F3N6O2/c1-10-16(11(2)27(24-10)9-18(19,20)21)14-7-23-25-4-3-13(5-15(14)25)26-8-12(6-22-26)17(28)29/h3-8H,9H2,1-2H3,(H,28,29). The smallest absolute Gasteiger partial charge is 0.408 e. The minimum Gasteiger partial charge on any atom is -0.478 e. The van der Waals surface area contributed by atoms with Crippen LogP contribution in [0.25, 0.3) is 22.3 Å². The minimum absolute atomic E-state index is 0.0405. The van der Waals surface area contributed by atoms with Crippen LogP contribution in [0.3, 0.4) is 0 Å². The van der Waals surface area contributed by atoms with Crippen molar-refractivity contribution < 1.29 is 23.1 Å². The molecular formula is C18H15F3N6O2. The summed E-state index contributed by atoms with van der Waals surface area (Å²) in [6, 6.07) is 3.44. The Morgan fingerprint density at radius 2 is 1.97 bits per heavy atom. The van der Waals surface area contributed by atoms with E-state index in [0.29, 0.717) is 33.7 Å². The third-order valence-electron chi connectivity index (χ3n) is 4.58. The molecule has 0 aromatic carbocycles. The fourth-order valence-electron chi connectivity index (χ4n) is 3.29. The number of alkyl halides is 3. The van der Waals surface area contributed by atoms with Crippen LogP contribution >= 0.6 is 0 Å². The quantitative estimate of drug-likeness (QED) is 0.564. The van der Waals surface area contributed by atoms with Crippen molar-refractivity contribution in [1.82, 2.24) is 29.2 Å². The minimum atomic E-state index is -4.38. The molecule has 0 aliphatic heterocycles. The molecule has 0 fully saturated rings. The summed E-state index contributed by atoms with van der Waals surface area (Å²) in [6.07, 6.45) is 1.47. The number of hydrogen-bond acceptors (Lipinski definition) is 4. The van der Waals surface area contributed by atoms with Gasteiger partial charge in [-0.3, -0.25) is 4.68 Å². The lowest BCUT2D eigenvalue weighted by Gasteiger charge is -2.08. The lowest BCUT2D eigenvalue weighted by atomic mass is 10.1. The second-order valence-electron chi connectivity index (χ2n) is 6.57.